The summed E-state index contributed by atoms with van der Waals surface area (Å²) in [5, 5.41) is 2.76. The highest BCUT2D eigenvalue weighted by atomic mass is 79.9. The van der Waals surface area contributed by atoms with Crippen molar-refractivity contribution >= 4 is 55.2 Å². The predicted molar refractivity (Wildman–Crippen MR) is 95.2 cm³/mol. The minimum Gasteiger partial charge on any atom is -0.310 e. The Kier molecular flexibility index (Phi) is 4.77. The van der Waals surface area contributed by atoms with Crippen molar-refractivity contribution in [3.8, 4) is 0 Å². The van der Waals surface area contributed by atoms with Gasteiger partial charge in [-0.15, -0.1) is 0 Å². The fourth-order valence-electron chi connectivity index (χ4n) is 2.46. The number of para-hydroxylation sites is 1. The number of benzene rings is 1. The third-order valence-electron chi connectivity index (χ3n) is 3.62. The highest BCUT2D eigenvalue weighted by Crippen LogP contribution is 2.31. The fraction of sp³-hybridized carbons (Fsp3) is 0.188. The van der Waals surface area contributed by atoms with E-state index < -0.39 is 0 Å². The van der Waals surface area contributed by atoms with Gasteiger partial charge in [-0.05, 0) is 56.1 Å². The first kappa shape index (κ1) is 16.1. The molecule has 1 N–H and O–H groups in total. The van der Waals surface area contributed by atoms with Gasteiger partial charge in [0.15, 0.2) is 0 Å². The minimum atomic E-state index is -0.389. The first-order valence-electron chi connectivity index (χ1n) is 7.02. The zero-order valence-electron chi connectivity index (χ0n) is 12.0. The van der Waals surface area contributed by atoms with E-state index in [0.717, 1.165) is 14.6 Å². The van der Waals surface area contributed by atoms with Crippen LogP contribution >= 0.6 is 31.9 Å². The van der Waals surface area contributed by atoms with Crippen LogP contribution < -0.4 is 10.2 Å². The van der Waals surface area contributed by atoms with Gasteiger partial charge in [0.25, 0.3) is 0 Å². The van der Waals surface area contributed by atoms with E-state index >= 15 is 0 Å². The average Bonchev–Trinajstić information content (AvgIpc) is 2.92. The number of pyridine rings is 1. The molecule has 118 valence electrons. The Labute approximate surface area is 150 Å². The summed E-state index contributed by atoms with van der Waals surface area (Å²) in [5.41, 5.74) is 0.787. The van der Waals surface area contributed by atoms with Gasteiger partial charge in [0, 0.05) is 28.1 Å². The van der Waals surface area contributed by atoms with Gasteiger partial charge in [0.2, 0.25) is 11.8 Å². The summed E-state index contributed by atoms with van der Waals surface area (Å²) < 4.78 is 1.68. The SMILES string of the molecule is O=C(Nc1ccc(Br)cn1)[C@H]1CC(=O)N(c2ccccc2Br)C1. The van der Waals surface area contributed by atoms with E-state index in [-0.39, 0.29) is 24.2 Å². The molecule has 1 atom stereocenters. The van der Waals surface area contributed by atoms with E-state index in [1.54, 1.807) is 23.2 Å². The predicted octanol–water partition coefficient (Wildman–Crippen LogP) is 3.60. The summed E-state index contributed by atoms with van der Waals surface area (Å²) in [6.07, 6.45) is 1.81. The van der Waals surface area contributed by atoms with Crippen LogP contribution in [0.5, 0.6) is 0 Å². The molecule has 2 heterocycles. The molecule has 1 aromatic heterocycles. The lowest BCUT2D eigenvalue weighted by atomic mass is 10.1. The van der Waals surface area contributed by atoms with Crippen LogP contribution in [-0.4, -0.2) is 23.3 Å². The lowest BCUT2D eigenvalue weighted by molar-refractivity contribution is -0.122. The van der Waals surface area contributed by atoms with E-state index in [0.29, 0.717) is 12.4 Å². The smallest absolute Gasteiger partial charge is 0.230 e. The Morgan fingerprint density at radius 1 is 1.22 bits per heavy atom. The number of rotatable bonds is 3. The molecule has 7 heteroatoms. The zero-order valence-corrected chi connectivity index (χ0v) is 15.2. The number of nitrogens with one attached hydrogen (secondary N) is 1. The lowest BCUT2D eigenvalue weighted by Crippen LogP contribution is -2.28. The second kappa shape index (κ2) is 6.80. The molecule has 0 aliphatic carbocycles. The average molecular weight is 439 g/mol. The van der Waals surface area contributed by atoms with Crippen molar-refractivity contribution in [2.45, 2.75) is 6.42 Å². The summed E-state index contributed by atoms with van der Waals surface area (Å²) in [6.45, 7) is 0.365. The molecule has 0 bridgehead atoms. The van der Waals surface area contributed by atoms with Gasteiger partial charge in [0.1, 0.15) is 5.82 Å². The fourth-order valence-corrected chi connectivity index (χ4v) is 3.20. The first-order valence-corrected chi connectivity index (χ1v) is 8.60. The standard InChI is InChI=1S/C16H13Br2N3O2/c17-11-5-6-14(19-8-11)20-16(23)10-7-15(22)21(9-10)13-4-2-1-3-12(13)18/h1-6,8,10H,7,9H2,(H,19,20,23)/t10-/m0/s1. The van der Waals surface area contributed by atoms with Crippen LogP contribution in [0.4, 0.5) is 11.5 Å². The van der Waals surface area contributed by atoms with Crippen molar-refractivity contribution in [2.24, 2.45) is 5.92 Å². The van der Waals surface area contributed by atoms with Crippen LogP contribution in [0.15, 0.2) is 51.5 Å². The molecule has 1 aliphatic heterocycles. The van der Waals surface area contributed by atoms with Gasteiger partial charge >= 0.3 is 0 Å². The number of nitrogens with zero attached hydrogens (tertiary/aromatic N) is 2. The topological polar surface area (TPSA) is 62.3 Å². The normalized spacial score (nSPS) is 17.4. The van der Waals surface area contributed by atoms with Crippen LogP contribution in [0, 0.1) is 5.92 Å². The van der Waals surface area contributed by atoms with Crippen LogP contribution in [0.3, 0.4) is 0 Å². The van der Waals surface area contributed by atoms with Gasteiger partial charge in [-0.1, -0.05) is 12.1 Å². The summed E-state index contributed by atoms with van der Waals surface area (Å²) in [6, 6.07) is 11.0. The molecular formula is C16H13Br2N3O2. The molecule has 5 nitrogen and oxygen atoms in total. The Morgan fingerprint density at radius 3 is 2.70 bits per heavy atom. The maximum Gasteiger partial charge on any atom is 0.230 e. The van der Waals surface area contributed by atoms with E-state index in [9.17, 15) is 9.59 Å². The van der Waals surface area contributed by atoms with Crippen LogP contribution in [-0.2, 0) is 9.59 Å². The number of hydrogen-bond donors (Lipinski definition) is 1. The molecule has 1 fully saturated rings. The van der Waals surface area contributed by atoms with Crippen molar-refractivity contribution in [1.82, 2.24) is 4.98 Å². The van der Waals surface area contributed by atoms with Crippen molar-refractivity contribution in [3.05, 3.63) is 51.5 Å². The van der Waals surface area contributed by atoms with Crippen LogP contribution in [0.25, 0.3) is 0 Å². The summed E-state index contributed by atoms with van der Waals surface area (Å²) in [5.74, 6) is -0.159. The maximum atomic E-state index is 12.4. The van der Waals surface area contributed by atoms with E-state index in [2.05, 4.69) is 42.2 Å². The van der Waals surface area contributed by atoms with Crippen LogP contribution in [0.1, 0.15) is 6.42 Å². The number of aromatic nitrogens is 1. The highest BCUT2D eigenvalue weighted by molar-refractivity contribution is 9.10. The van der Waals surface area contributed by atoms with Crippen LogP contribution in [0.2, 0.25) is 0 Å². The first-order chi connectivity index (χ1) is 11.0. The molecule has 2 amide bonds. The molecule has 1 aliphatic rings. The number of carbonyl (C=O) groups excluding carboxylic acids is 2. The molecule has 0 radical (unpaired) electrons. The zero-order chi connectivity index (χ0) is 16.4. The van der Waals surface area contributed by atoms with Crippen molar-refractivity contribution in [2.75, 3.05) is 16.8 Å². The van der Waals surface area contributed by atoms with Gasteiger partial charge in [-0.2, -0.15) is 0 Å². The molecule has 0 unspecified atom stereocenters. The van der Waals surface area contributed by atoms with Gasteiger partial charge in [-0.25, -0.2) is 4.98 Å². The van der Waals surface area contributed by atoms with E-state index in [1.165, 1.54) is 0 Å². The highest BCUT2D eigenvalue weighted by Gasteiger charge is 2.35. The number of anilines is 2. The third kappa shape index (κ3) is 3.61. The maximum absolute atomic E-state index is 12.4. The molecule has 1 aromatic carbocycles. The molecule has 0 saturated carbocycles. The molecule has 23 heavy (non-hydrogen) atoms. The second-order valence-corrected chi connectivity index (χ2v) is 6.98. The Bertz CT molecular complexity index is 749. The van der Waals surface area contributed by atoms with Crippen molar-refractivity contribution < 1.29 is 9.59 Å². The lowest BCUT2D eigenvalue weighted by Gasteiger charge is -2.18. The van der Waals surface area contributed by atoms with Gasteiger partial charge in [0.05, 0.1) is 11.6 Å². The molecule has 2 aromatic rings. The number of amides is 2. The summed E-state index contributed by atoms with van der Waals surface area (Å²) in [4.78, 5) is 30.4. The van der Waals surface area contributed by atoms with Gasteiger partial charge in [-0.3, -0.25) is 9.59 Å². The third-order valence-corrected chi connectivity index (χ3v) is 4.76. The largest absolute Gasteiger partial charge is 0.310 e. The quantitative estimate of drug-likeness (QED) is 0.796. The number of halogens is 2. The second-order valence-electron chi connectivity index (χ2n) is 5.21. The number of carbonyl (C=O) groups is 2. The van der Waals surface area contributed by atoms with E-state index in [4.69, 9.17) is 0 Å². The Balaban J connectivity index is 1.71. The Morgan fingerprint density at radius 2 is 2.00 bits per heavy atom. The molecular weight excluding hydrogens is 426 g/mol. The molecule has 3 rings (SSSR count). The van der Waals surface area contributed by atoms with Crippen molar-refractivity contribution in [1.29, 1.82) is 0 Å². The Hall–Kier alpha value is -1.73. The monoisotopic (exact) mass is 437 g/mol. The molecule has 1 saturated heterocycles. The molecule has 0 spiro atoms. The van der Waals surface area contributed by atoms with Crippen molar-refractivity contribution in [3.63, 3.8) is 0 Å². The van der Waals surface area contributed by atoms with E-state index in [1.807, 2.05) is 24.3 Å². The summed E-state index contributed by atoms with van der Waals surface area (Å²) in [7, 11) is 0. The summed E-state index contributed by atoms with van der Waals surface area (Å²) >= 11 is 6.74. The van der Waals surface area contributed by atoms with Gasteiger partial charge < -0.3 is 10.2 Å². The number of hydrogen-bond acceptors (Lipinski definition) is 3. The minimum absolute atomic E-state index is 0.0548.